The van der Waals surface area contributed by atoms with E-state index in [0.717, 1.165) is 5.92 Å². The highest BCUT2D eigenvalue weighted by Crippen LogP contribution is 2.11. The normalized spacial score (nSPS) is 11.2. The van der Waals surface area contributed by atoms with Crippen LogP contribution >= 0.6 is 9.24 Å². The summed E-state index contributed by atoms with van der Waals surface area (Å²) in [4.78, 5) is 0. The van der Waals surface area contributed by atoms with Crippen LogP contribution in [0.4, 0.5) is 0 Å². The van der Waals surface area contributed by atoms with Gasteiger partial charge in [-0.15, -0.1) is 9.24 Å². The Labute approximate surface area is 76.4 Å². The maximum absolute atomic E-state index is 2.78. The molecule has 0 fully saturated rings. The molecule has 0 bridgehead atoms. The predicted octanol–water partition coefficient (Wildman–Crippen LogP) is 4.35. The Balaban J connectivity index is -0.000000320. The molecule has 2 unspecified atom stereocenters. The highest BCUT2D eigenvalue weighted by molar-refractivity contribution is 7.16. The molecule has 1 heteroatoms. The van der Waals surface area contributed by atoms with Gasteiger partial charge in [0.15, 0.2) is 0 Å². The molecule has 0 aliphatic rings. The molecule has 0 rings (SSSR count). The second-order valence-corrected chi connectivity index (χ2v) is 3.38. The molecule has 0 aromatic rings. The Morgan fingerprint density at radius 3 is 2.09 bits per heavy atom. The van der Waals surface area contributed by atoms with Crippen LogP contribution in [0.2, 0.25) is 0 Å². The predicted molar refractivity (Wildman–Crippen MR) is 61.3 cm³/mol. The lowest BCUT2D eigenvalue weighted by molar-refractivity contribution is 0.493. The van der Waals surface area contributed by atoms with Gasteiger partial charge in [-0.25, -0.2) is 0 Å². The third-order valence-corrected chi connectivity index (χ3v) is 2.26. The van der Waals surface area contributed by atoms with Gasteiger partial charge in [-0.05, 0) is 18.5 Å². The number of hydrogen-bond donors (Lipinski definition) is 0. The summed E-state index contributed by atoms with van der Waals surface area (Å²) < 4.78 is 0. The largest absolute Gasteiger partial charge is 0.138 e. The average Bonchev–Trinajstić information content (AvgIpc) is 1.89. The number of hydrogen-bond acceptors (Lipinski definition) is 0. The summed E-state index contributed by atoms with van der Waals surface area (Å²) in [6, 6.07) is 0. The van der Waals surface area contributed by atoms with Gasteiger partial charge in [-0.2, -0.15) is 0 Å². The molecule has 0 aromatic carbocycles. The lowest BCUT2D eigenvalue weighted by Gasteiger charge is -2.05. The second kappa shape index (κ2) is 13.1. The first-order chi connectivity index (χ1) is 4.31. The lowest BCUT2D eigenvalue weighted by Crippen LogP contribution is -1.91. The molecule has 2 atom stereocenters. The molecule has 0 radical (unpaired) electrons. The Kier molecular flexibility index (Phi) is 20.8. The Morgan fingerprint density at radius 1 is 1.18 bits per heavy atom. The van der Waals surface area contributed by atoms with Crippen LogP contribution in [0.5, 0.6) is 0 Å². The molecule has 0 nitrogen and oxygen atoms in total. The third-order valence-electron chi connectivity index (χ3n) is 1.85. The van der Waals surface area contributed by atoms with Gasteiger partial charge >= 0.3 is 0 Å². The minimum Gasteiger partial charge on any atom is -0.138 e. The van der Waals surface area contributed by atoms with Gasteiger partial charge in [0.25, 0.3) is 0 Å². The zero-order chi connectivity index (χ0) is 7.11. The fourth-order valence-corrected chi connectivity index (χ4v) is 1.13. The lowest BCUT2D eigenvalue weighted by atomic mass is 10.0. The van der Waals surface area contributed by atoms with E-state index in [2.05, 4.69) is 23.1 Å². The van der Waals surface area contributed by atoms with Gasteiger partial charge in [0.1, 0.15) is 0 Å². The van der Waals surface area contributed by atoms with E-state index in [1.165, 1.54) is 31.8 Å². The van der Waals surface area contributed by atoms with Crippen LogP contribution in [-0.4, -0.2) is 6.16 Å². The van der Waals surface area contributed by atoms with Crippen molar-refractivity contribution in [3.63, 3.8) is 0 Å². The topological polar surface area (TPSA) is 0 Å². The second-order valence-electron chi connectivity index (χ2n) is 2.80. The van der Waals surface area contributed by atoms with Crippen molar-refractivity contribution in [3.8, 4) is 0 Å². The molecule has 0 saturated heterocycles. The molecule has 11 heavy (non-hydrogen) atoms. The van der Waals surface area contributed by atoms with E-state index in [-0.39, 0.29) is 14.9 Å². The maximum Gasteiger partial charge on any atom is -0.0381 e. The van der Waals surface area contributed by atoms with Gasteiger partial charge in [0.05, 0.1) is 0 Å². The van der Waals surface area contributed by atoms with E-state index in [1.54, 1.807) is 0 Å². The molecule has 0 spiro atoms. The number of unbranched alkanes of at least 4 members (excludes halogenated alkanes) is 1. The van der Waals surface area contributed by atoms with Crippen LogP contribution in [0.3, 0.4) is 0 Å². The highest BCUT2D eigenvalue weighted by Gasteiger charge is 1.95. The first-order valence-electron chi connectivity index (χ1n) is 4.01. The fraction of sp³-hybridized carbons (Fsp3) is 1.00. The summed E-state index contributed by atoms with van der Waals surface area (Å²) in [6.07, 6.45) is 6.84. The van der Waals surface area contributed by atoms with Gasteiger partial charge in [-0.3, -0.25) is 0 Å². The maximum atomic E-state index is 2.78. The molecular formula is C10H27P. The molecule has 0 heterocycles. The minimum absolute atomic E-state index is 0. The summed E-state index contributed by atoms with van der Waals surface area (Å²) in [5.41, 5.74) is 0. The van der Waals surface area contributed by atoms with Gasteiger partial charge in [0, 0.05) is 0 Å². The highest BCUT2D eigenvalue weighted by atomic mass is 31.0. The fourth-order valence-electron chi connectivity index (χ4n) is 0.841. The molecule has 0 aliphatic heterocycles. The van der Waals surface area contributed by atoms with Crippen molar-refractivity contribution in [1.29, 1.82) is 0 Å². The van der Waals surface area contributed by atoms with E-state index < -0.39 is 0 Å². The van der Waals surface area contributed by atoms with Crippen molar-refractivity contribution in [2.45, 2.75) is 54.4 Å². The molecular weight excluding hydrogens is 151 g/mol. The zero-order valence-corrected chi connectivity index (χ0v) is 7.84. The van der Waals surface area contributed by atoms with Crippen molar-refractivity contribution in [3.05, 3.63) is 0 Å². The van der Waals surface area contributed by atoms with E-state index >= 15 is 0 Å². The van der Waals surface area contributed by atoms with Crippen molar-refractivity contribution >= 4 is 9.24 Å². The average molecular weight is 178 g/mol. The van der Waals surface area contributed by atoms with Crippen LogP contribution in [0.1, 0.15) is 54.4 Å². The first-order valence-corrected chi connectivity index (χ1v) is 4.83. The van der Waals surface area contributed by atoms with Crippen LogP contribution in [0.15, 0.2) is 0 Å². The van der Waals surface area contributed by atoms with Crippen molar-refractivity contribution in [1.82, 2.24) is 0 Å². The summed E-state index contributed by atoms with van der Waals surface area (Å²) in [5, 5.41) is 0. The van der Waals surface area contributed by atoms with E-state index in [4.69, 9.17) is 0 Å². The van der Waals surface area contributed by atoms with Gasteiger partial charge in [-0.1, -0.05) is 48.0 Å². The van der Waals surface area contributed by atoms with Gasteiger partial charge < -0.3 is 0 Å². The first kappa shape index (κ1) is 17.5. The van der Waals surface area contributed by atoms with Crippen LogP contribution in [0, 0.1) is 5.92 Å². The minimum atomic E-state index is 0. The van der Waals surface area contributed by atoms with E-state index in [1.807, 2.05) is 0 Å². The Hall–Kier alpha value is 0.430. The Bertz CT molecular complexity index is 52.8. The SMILES string of the molecule is C.C.CCC(C)CCCCP. The van der Waals surface area contributed by atoms with Crippen molar-refractivity contribution < 1.29 is 0 Å². The van der Waals surface area contributed by atoms with E-state index in [9.17, 15) is 0 Å². The summed E-state index contributed by atoms with van der Waals surface area (Å²) in [6.45, 7) is 4.61. The smallest absolute Gasteiger partial charge is 0.0381 e. The zero-order valence-electron chi connectivity index (χ0n) is 6.69. The number of rotatable bonds is 5. The monoisotopic (exact) mass is 178 g/mol. The van der Waals surface area contributed by atoms with Crippen LogP contribution in [0.25, 0.3) is 0 Å². The Morgan fingerprint density at radius 2 is 1.73 bits per heavy atom. The van der Waals surface area contributed by atoms with Crippen molar-refractivity contribution in [2.75, 3.05) is 6.16 Å². The summed E-state index contributed by atoms with van der Waals surface area (Å²) >= 11 is 0. The summed E-state index contributed by atoms with van der Waals surface area (Å²) in [5.74, 6) is 0.946. The molecule has 0 N–H and O–H groups in total. The molecule has 0 aromatic heterocycles. The molecule has 0 amide bonds. The quantitative estimate of drug-likeness (QED) is 0.433. The molecule has 0 saturated carbocycles. The van der Waals surface area contributed by atoms with Crippen molar-refractivity contribution in [2.24, 2.45) is 5.92 Å². The van der Waals surface area contributed by atoms with Crippen LogP contribution in [-0.2, 0) is 0 Å². The standard InChI is InChI=1S/C8H19P.2CH4/c1-3-8(2)6-4-5-7-9;;/h8H,3-7,9H2,1-2H3;2*1H4. The summed E-state index contributed by atoms with van der Waals surface area (Å²) in [7, 11) is 2.78. The molecule has 0 aliphatic carbocycles. The molecule has 72 valence electrons. The third kappa shape index (κ3) is 13.4. The van der Waals surface area contributed by atoms with E-state index in [0.29, 0.717) is 0 Å². The van der Waals surface area contributed by atoms with Gasteiger partial charge in [0.2, 0.25) is 0 Å². The van der Waals surface area contributed by atoms with Crippen LogP contribution < -0.4 is 0 Å².